The number of hydrogen-bond donors (Lipinski definition) is 0. The van der Waals surface area contributed by atoms with Crippen LogP contribution in [0.2, 0.25) is 18.1 Å². The van der Waals surface area contributed by atoms with E-state index in [0.29, 0.717) is 36.0 Å². The molecule has 0 heterocycles. The van der Waals surface area contributed by atoms with Crippen LogP contribution in [0, 0.1) is 0 Å². The van der Waals surface area contributed by atoms with Crippen molar-refractivity contribution >= 4 is 14.1 Å². The zero-order valence-electron chi connectivity index (χ0n) is 16.1. The summed E-state index contributed by atoms with van der Waals surface area (Å²) in [5.74, 6) is 1.39. The van der Waals surface area contributed by atoms with E-state index in [9.17, 15) is 4.79 Å². The van der Waals surface area contributed by atoms with E-state index in [2.05, 4.69) is 33.9 Å². The molecule has 0 radical (unpaired) electrons. The van der Waals surface area contributed by atoms with Crippen LogP contribution in [0.15, 0.2) is 12.1 Å². The topological polar surface area (TPSA) is 54.0 Å². The van der Waals surface area contributed by atoms with Crippen LogP contribution >= 0.6 is 0 Å². The van der Waals surface area contributed by atoms with Gasteiger partial charge in [0.2, 0.25) is 5.75 Å². The number of methoxy groups -OCH3 is 2. The van der Waals surface area contributed by atoms with Gasteiger partial charge in [-0.3, -0.25) is 4.79 Å². The van der Waals surface area contributed by atoms with E-state index in [0.717, 1.165) is 0 Å². The normalized spacial score (nSPS) is 12.0. The minimum absolute atomic E-state index is 0.0561. The Morgan fingerprint density at radius 3 is 1.92 bits per heavy atom. The van der Waals surface area contributed by atoms with Crippen LogP contribution in [0.25, 0.3) is 0 Å². The highest BCUT2D eigenvalue weighted by Crippen LogP contribution is 2.39. The summed E-state index contributed by atoms with van der Waals surface area (Å²) >= 11 is 0. The molecule has 0 aromatic heterocycles. The number of hydrogen-bond acceptors (Lipinski definition) is 5. The lowest BCUT2D eigenvalue weighted by molar-refractivity contribution is 0.101. The summed E-state index contributed by atoms with van der Waals surface area (Å²) < 4.78 is 22.6. The molecular formula is C18H30O5Si. The molecule has 0 bridgehead atoms. The van der Waals surface area contributed by atoms with Crippen molar-refractivity contribution in [3.63, 3.8) is 0 Å². The zero-order valence-corrected chi connectivity index (χ0v) is 17.1. The molecule has 0 N–H and O–H groups in total. The number of rotatable bonds is 8. The third-order valence-electron chi connectivity index (χ3n) is 4.47. The summed E-state index contributed by atoms with van der Waals surface area (Å²) in [6, 6.07) is 3.32. The monoisotopic (exact) mass is 354 g/mol. The van der Waals surface area contributed by atoms with Crippen molar-refractivity contribution in [2.45, 2.75) is 45.8 Å². The predicted molar refractivity (Wildman–Crippen MR) is 98.2 cm³/mol. The average Bonchev–Trinajstić information content (AvgIpc) is 2.49. The molecule has 1 aromatic rings. The minimum atomic E-state index is -1.80. The largest absolute Gasteiger partial charge is 0.493 e. The van der Waals surface area contributed by atoms with E-state index in [1.54, 1.807) is 12.1 Å². The molecule has 0 saturated carbocycles. The first kappa shape index (κ1) is 20.5. The van der Waals surface area contributed by atoms with Crippen LogP contribution < -0.4 is 14.2 Å². The molecular weight excluding hydrogens is 324 g/mol. The molecule has 0 fully saturated rings. The second kappa shape index (κ2) is 8.03. The first-order valence-corrected chi connectivity index (χ1v) is 11.0. The number of benzene rings is 1. The predicted octanol–water partition coefficient (Wildman–Crippen LogP) is 4.31. The Kier molecular flexibility index (Phi) is 6.86. The lowest BCUT2D eigenvalue weighted by atomic mass is 10.1. The van der Waals surface area contributed by atoms with Gasteiger partial charge < -0.3 is 18.6 Å². The van der Waals surface area contributed by atoms with E-state index in [-0.39, 0.29) is 10.8 Å². The van der Waals surface area contributed by atoms with Crippen LogP contribution in [0.3, 0.4) is 0 Å². The molecule has 5 nitrogen and oxygen atoms in total. The van der Waals surface area contributed by atoms with Gasteiger partial charge in [0.1, 0.15) is 6.61 Å². The van der Waals surface area contributed by atoms with Crippen LogP contribution in [-0.4, -0.2) is 41.5 Å². The average molecular weight is 355 g/mol. The standard InChI is InChI=1S/C18H30O5Si/c1-13(19)14-11-15(20-5)17(16(12-14)21-6)22-9-10-23-24(7,8)18(2,3)4/h11-12H,9-10H2,1-8H3. The summed E-state index contributed by atoms with van der Waals surface area (Å²) in [5.41, 5.74) is 0.522. The maximum Gasteiger partial charge on any atom is 0.203 e. The Bertz CT molecular complexity index is 550. The lowest BCUT2D eigenvalue weighted by Gasteiger charge is -2.36. The number of carbonyl (C=O) groups is 1. The zero-order chi connectivity index (χ0) is 18.5. The Labute approximate surface area is 146 Å². The van der Waals surface area contributed by atoms with Gasteiger partial charge in [-0.1, -0.05) is 20.8 Å². The Hall–Kier alpha value is -1.53. The molecule has 0 unspecified atom stereocenters. The van der Waals surface area contributed by atoms with Crippen molar-refractivity contribution in [2.75, 3.05) is 27.4 Å². The third kappa shape index (κ3) is 4.98. The molecule has 0 atom stereocenters. The molecule has 24 heavy (non-hydrogen) atoms. The van der Waals surface area contributed by atoms with Crippen LogP contribution in [0.1, 0.15) is 38.1 Å². The molecule has 0 saturated heterocycles. The van der Waals surface area contributed by atoms with Gasteiger partial charge in [-0.25, -0.2) is 0 Å². The van der Waals surface area contributed by atoms with Gasteiger partial charge in [0.25, 0.3) is 0 Å². The summed E-state index contributed by atoms with van der Waals surface area (Å²) in [6.07, 6.45) is 0. The molecule has 1 aromatic carbocycles. The molecule has 6 heteroatoms. The van der Waals surface area contributed by atoms with Gasteiger partial charge in [-0.2, -0.15) is 0 Å². The van der Waals surface area contributed by atoms with Crippen molar-refractivity contribution in [3.8, 4) is 17.2 Å². The fourth-order valence-electron chi connectivity index (χ4n) is 1.88. The second-order valence-corrected chi connectivity index (χ2v) is 12.0. The summed E-state index contributed by atoms with van der Waals surface area (Å²) in [7, 11) is 1.28. The van der Waals surface area contributed by atoms with Crippen molar-refractivity contribution in [3.05, 3.63) is 17.7 Å². The molecule has 0 aliphatic carbocycles. The Balaban J connectivity index is 2.83. The maximum absolute atomic E-state index is 11.6. The fourth-order valence-corrected chi connectivity index (χ4v) is 2.91. The highest BCUT2D eigenvalue weighted by molar-refractivity contribution is 6.74. The summed E-state index contributed by atoms with van der Waals surface area (Å²) in [5, 5.41) is 0.158. The number of carbonyl (C=O) groups excluding carboxylic acids is 1. The van der Waals surface area contributed by atoms with E-state index < -0.39 is 8.32 Å². The Morgan fingerprint density at radius 2 is 1.54 bits per heavy atom. The molecule has 0 spiro atoms. The highest BCUT2D eigenvalue weighted by atomic mass is 28.4. The quantitative estimate of drug-likeness (QED) is 0.396. The molecule has 0 aliphatic rings. The van der Waals surface area contributed by atoms with E-state index >= 15 is 0 Å². The minimum Gasteiger partial charge on any atom is -0.493 e. The first-order chi connectivity index (χ1) is 11.0. The summed E-state index contributed by atoms with van der Waals surface area (Å²) in [6.45, 7) is 13.4. The maximum atomic E-state index is 11.6. The second-order valence-electron chi connectivity index (χ2n) is 7.22. The third-order valence-corrected chi connectivity index (χ3v) is 9.00. The van der Waals surface area contributed by atoms with Crippen LogP contribution in [0.4, 0.5) is 0 Å². The van der Waals surface area contributed by atoms with Gasteiger partial charge in [0.15, 0.2) is 25.6 Å². The number of ketones is 1. The summed E-state index contributed by atoms with van der Waals surface area (Å²) in [4.78, 5) is 11.6. The van der Waals surface area contributed by atoms with Crippen molar-refractivity contribution < 1.29 is 23.4 Å². The van der Waals surface area contributed by atoms with Gasteiger partial charge >= 0.3 is 0 Å². The lowest BCUT2D eigenvalue weighted by Crippen LogP contribution is -2.41. The van der Waals surface area contributed by atoms with Gasteiger partial charge in [-0.15, -0.1) is 0 Å². The van der Waals surface area contributed by atoms with Gasteiger partial charge in [0.05, 0.1) is 20.8 Å². The van der Waals surface area contributed by atoms with Crippen molar-refractivity contribution in [1.82, 2.24) is 0 Å². The van der Waals surface area contributed by atoms with Crippen LogP contribution in [0.5, 0.6) is 17.2 Å². The SMILES string of the molecule is COc1cc(C(C)=O)cc(OC)c1OCCO[Si](C)(C)C(C)(C)C. The molecule has 1 rings (SSSR count). The van der Waals surface area contributed by atoms with E-state index in [4.69, 9.17) is 18.6 Å². The number of ether oxygens (including phenoxy) is 3. The first-order valence-electron chi connectivity index (χ1n) is 8.07. The van der Waals surface area contributed by atoms with E-state index in [1.165, 1.54) is 21.1 Å². The van der Waals surface area contributed by atoms with Crippen molar-refractivity contribution in [1.29, 1.82) is 0 Å². The van der Waals surface area contributed by atoms with Crippen molar-refractivity contribution in [2.24, 2.45) is 0 Å². The smallest absolute Gasteiger partial charge is 0.203 e. The van der Waals surface area contributed by atoms with Crippen LogP contribution in [-0.2, 0) is 4.43 Å². The van der Waals surface area contributed by atoms with E-state index in [1.807, 2.05) is 0 Å². The highest BCUT2D eigenvalue weighted by Gasteiger charge is 2.36. The van der Waals surface area contributed by atoms with Gasteiger partial charge in [0, 0.05) is 5.56 Å². The fraction of sp³-hybridized carbons (Fsp3) is 0.611. The molecule has 0 aliphatic heterocycles. The molecule has 136 valence electrons. The molecule has 0 amide bonds. The Morgan fingerprint density at radius 1 is 1.04 bits per heavy atom. The number of Topliss-reactive ketones (excluding diaryl/α,β-unsaturated/α-hetero) is 1. The van der Waals surface area contributed by atoms with Gasteiger partial charge in [-0.05, 0) is 37.2 Å².